The summed E-state index contributed by atoms with van der Waals surface area (Å²) in [5.41, 5.74) is -0.470. The first-order valence-corrected chi connectivity index (χ1v) is 8.33. The molecule has 0 bridgehead atoms. The lowest BCUT2D eigenvalue weighted by atomic mass is 9.97. The van der Waals surface area contributed by atoms with E-state index >= 15 is 0 Å². The molecular weight excluding hydrogens is 304 g/mol. The summed E-state index contributed by atoms with van der Waals surface area (Å²) in [5.74, 6) is -1.38. The highest BCUT2D eigenvalue weighted by atomic mass is 32.1. The van der Waals surface area contributed by atoms with Crippen LogP contribution in [-0.2, 0) is 9.59 Å². The third-order valence-corrected chi connectivity index (χ3v) is 4.58. The maximum atomic E-state index is 11.9. The van der Waals surface area contributed by atoms with E-state index in [4.69, 9.17) is 0 Å². The molecule has 0 aromatic carbocycles. The Balaban J connectivity index is 1.69. The molecular formula is C15H20N2O4S. The lowest BCUT2D eigenvalue weighted by Gasteiger charge is -2.25. The van der Waals surface area contributed by atoms with Gasteiger partial charge in [-0.2, -0.15) is 11.3 Å². The van der Waals surface area contributed by atoms with E-state index < -0.39 is 11.5 Å². The van der Waals surface area contributed by atoms with E-state index in [0.717, 1.165) is 12.8 Å². The second kappa shape index (κ2) is 7.40. The maximum Gasteiger partial charge on any atom is 0.329 e. The van der Waals surface area contributed by atoms with Gasteiger partial charge in [0, 0.05) is 23.9 Å². The number of carbonyl (C=O) groups is 3. The monoisotopic (exact) mass is 324 g/mol. The highest BCUT2D eigenvalue weighted by molar-refractivity contribution is 7.08. The van der Waals surface area contributed by atoms with E-state index in [2.05, 4.69) is 10.6 Å². The molecule has 0 radical (unpaired) electrons. The molecule has 0 aliphatic heterocycles. The van der Waals surface area contributed by atoms with Crippen molar-refractivity contribution in [1.82, 2.24) is 10.6 Å². The van der Waals surface area contributed by atoms with Crippen molar-refractivity contribution < 1.29 is 19.5 Å². The molecule has 22 heavy (non-hydrogen) atoms. The Morgan fingerprint density at radius 2 is 2.00 bits per heavy atom. The van der Waals surface area contributed by atoms with Gasteiger partial charge in [-0.15, -0.1) is 0 Å². The number of carboxylic acid groups (broad SMARTS) is 1. The fraction of sp³-hybridized carbons (Fsp3) is 0.533. The molecule has 0 spiro atoms. The summed E-state index contributed by atoms with van der Waals surface area (Å²) in [6.45, 7) is 0.391. The minimum absolute atomic E-state index is 0.153. The Bertz CT molecular complexity index is 536. The van der Waals surface area contributed by atoms with Gasteiger partial charge in [0.15, 0.2) is 0 Å². The largest absolute Gasteiger partial charge is 0.480 e. The molecule has 1 heterocycles. The van der Waals surface area contributed by atoms with Gasteiger partial charge in [0.05, 0.1) is 0 Å². The van der Waals surface area contributed by atoms with E-state index in [1.807, 2.05) is 5.38 Å². The zero-order valence-corrected chi connectivity index (χ0v) is 13.1. The average molecular weight is 324 g/mol. The Labute approximate surface area is 132 Å². The van der Waals surface area contributed by atoms with Crippen LogP contribution >= 0.6 is 11.3 Å². The lowest BCUT2D eigenvalue weighted by molar-refractivity contribution is -0.147. The third kappa shape index (κ3) is 4.07. The molecule has 1 aliphatic carbocycles. The van der Waals surface area contributed by atoms with Gasteiger partial charge in [-0.05, 0) is 30.7 Å². The number of hydrogen-bond donors (Lipinski definition) is 3. The molecule has 1 saturated carbocycles. The van der Waals surface area contributed by atoms with Crippen LogP contribution in [-0.4, -0.2) is 35.0 Å². The van der Waals surface area contributed by atoms with Gasteiger partial charge in [0.2, 0.25) is 5.91 Å². The SMILES string of the molecule is O=C(CCCNC(=O)c1ccsc1)NC1(C(=O)O)CCCC1. The Kier molecular flexibility index (Phi) is 5.54. The fourth-order valence-corrected chi connectivity index (χ4v) is 3.28. The number of nitrogens with one attached hydrogen (secondary N) is 2. The summed E-state index contributed by atoms with van der Waals surface area (Å²) < 4.78 is 0. The minimum Gasteiger partial charge on any atom is -0.480 e. The van der Waals surface area contributed by atoms with Crippen LogP contribution in [0.2, 0.25) is 0 Å². The first kappa shape index (κ1) is 16.5. The molecule has 1 aliphatic rings. The van der Waals surface area contributed by atoms with Gasteiger partial charge in [0.1, 0.15) is 5.54 Å². The Hall–Kier alpha value is -1.89. The van der Waals surface area contributed by atoms with Gasteiger partial charge in [-0.3, -0.25) is 9.59 Å². The van der Waals surface area contributed by atoms with Crippen molar-refractivity contribution in [2.24, 2.45) is 0 Å². The predicted molar refractivity (Wildman–Crippen MR) is 82.9 cm³/mol. The van der Waals surface area contributed by atoms with Crippen LogP contribution in [0.5, 0.6) is 0 Å². The Morgan fingerprint density at radius 1 is 1.27 bits per heavy atom. The van der Waals surface area contributed by atoms with Crippen molar-refractivity contribution >= 4 is 29.1 Å². The number of rotatable bonds is 7. The molecule has 1 aromatic heterocycles. The number of hydrogen-bond acceptors (Lipinski definition) is 4. The van der Waals surface area contributed by atoms with Crippen LogP contribution in [0.15, 0.2) is 16.8 Å². The highest BCUT2D eigenvalue weighted by Gasteiger charge is 2.42. The van der Waals surface area contributed by atoms with E-state index in [9.17, 15) is 19.5 Å². The van der Waals surface area contributed by atoms with Gasteiger partial charge in [0.25, 0.3) is 5.91 Å². The van der Waals surface area contributed by atoms with Crippen molar-refractivity contribution in [1.29, 1.82) is 0 Å². The molecule has 1 fully saturated rings. The Morgan fingerprint density at radius 3 is 2.59 bits per heavy atom. The molecule has 3 N–H and O–H groups in total. The molecule has 7 heteroatoms. The molecule has 2 rings (SSSR count). The van der Waals surface area contributed by atoms with E-state index in [-0.39, 0.29) is 18.2 Å². The second-order valence-electron chi connectivity index (χ2n) is 5.51. The third-order valence-electron chi connectivity index (χ3n) is 3.89. The van der Waals surface area contributed by atoms with Crippen LogP contribution in [0.4, 0.5) is 0 Å². The van der Waals surface area contributed by atoms with Crippen LogP contribution in [0.1, 0.15) is 48.9 Å². The second-order valence-corrected chi connectivity index (χ2v) is 6.29. The smallest absolute Gasteiger partial charge is 0.329 e. The number of thiophene rings is 1. The van der Waals surface area contributed by atoms with E-state index in [0.29, 0.717) is 31.4 Å². The van der Waals surface area contributed by atoms with E-state index in [1.165, 1.54) is 11.3 Å². The van der Waals surface area contributed by atoms with Gasteiger partial charge in [-0.1, -0.05) is 12.8 Å². The zero-order valence-electron chi connectivity index (χ0n) is 12.3. The summed E-state index contributed by atoms with van der Waals surface area (Å²) in [6.07, 6.45) is 3.31. The first-order valence-electron chi connectivity index (χ1n) is 7.38. The molecule has 0 saturated heterocycles. The van der Waals surface area contributed by atoms with Crippen LogP contribution < -0.4 is 10.6 Å². The summed E-state index contributed by atoms with van der Waals surface area (Å²) in [5, 5.41) is 18.3. The average Bonchev–Trinajstić information content (AvgIpc) is 3.15. The summed E-state index contributed by atoms with van der Waals surface area (Å²) in [7, 11) is 0. The van der Waals surface area contributed by atoms with Crippen molar-refractivity contribution in [3.63, 3.8) is 0 Å². The molecule has 120 valence electrons. The van der Waals surface area contributed by atoms with Gasteiger partial charge >= 0.3 is 5.97 Å². The van der Waals surface area contributed by atoms with Gasteiger partial charge < -0.3 is 15.7 Å². The van der Waals surface area contributed by atoms with Crippen molar-refractivity contribution in [2.75, 3.05) is 6.54 Å². The number of aliphatic carboxylic acids is 1. The van der Waals surface area contributed by atoms with Crippen LogP contribution in [0, 0.1) is 0 Å². The van der Waals surface area contributed by atoms with Gasteiger partial charge in [-0.25, -0.2) is 4.79 Å². The molecule has 2 amide bonds. The summed E-state index contributed by atoms with van der Waals surface area (Å²) >= 11 is 1.45. The van der Waals surface area contributed by atoms with Crippen molar-refractivity contribution in [3.05, 3.63) is 22.4 Å². The molecule has 6 nitrogen and oxygen atoms in total. The minimum atomic E-state index is -1.09. The highest BCUT2D eigenvalue weighted by Crippen LogP contribution is 2.30. The van der Waals surface area contributed by atoms with Crippen LogP contribution in [0.3, 0.4) is 0 Å². The number of amides is 2. The van der Waals surface area contributed by atoms with Crippen molar-refractivity contribution in [3.8, 4) is 0 Å². The lowest BCUT2D eigenvalue weighted by Crippen LogP contribution is -2.52. The standard InChI is InChI=1S/C15H20N2O4S/c18-12(17-15(14(20)21)6-1-2-7-15)4-3-8-16-13(19)11-5-9-22-10-11/h5,9-10H,1-4,6-8H2,(H,16,19)(H,17,18)(H,20,21). The number of carboxylic acids is 1. The zero-order chi connectivity index (χ0) is 16.0. The van der Waals surface area contributed by atoms with Crippen molar-refractivity contribution in [2.45, 2.75) is 44.1 Å². The normalized spacial score (nSPS) is 16.2. The molecule has 0 atom stereocenters. The quantitative estimate of drug-likeness (QED) is 0.666. The topological polar surface area (TPSA) is 95.5 Å². The fourth-order valence-electron chi connectivity index (χ4n) is 2.65. The summed E-state index contributed by atoms with van der Waals surface area (Å²) in [6, 6.07) is 1.74. The van der Waals surface area contributed by atoms with E-state index in [1.54, 1.807) is 11.4 Å². The first-order chi connectivity index (χ1) is 10.5. The predicted octanol–water partition coefficient (Wildman–Crippen LogP) is 1.77. The summed E-state index contributed by atoms with van der Waals surface area (Å²) in [4.78, 5) is 34.9. The number of carbonyl (C=O) groups excluding carboxylic acids is 2. The molecule has 1 aromatic rings. The molecule has 0 unspecified atom stereocenters. The maximum absolute atomic E-state index is 11.9. The van der Waals surface area contributed by atoms with Crippen LogP contribution in [0.25, 0.3) is 0 Å².